The molecule has 4 N–H and O–H groups in total. The van der Waals surface area contributed by atoms with Crippen molar-refractivity contribution >= 4 is 34.5 Å². The number of aryl methyl sites for hydroxylation is 1. The summed E-state index contributed by atoms with van der Waals surface area (Å²) in [5.74, 6) is 1.59. The van der Waals surface area contributed by atoms with Gasteiger partial charge in [0.15, 0.2) is 5.65 Å². The maximum atomic E-state index is 11.8. The van der Waals surface area contributed by atoms with Crippen LogP contribution in [0.15, 0.2) is 36.4 Å². The van der Waals surface area contributed by atoms with E-state index in [2.05, 4.69) is 40.0 Å². The molecule has 0 saturated heterocycles. The van der Waals surface area contributed by atoms with E-state index in [0.717, 1.165) is 67.5 Å². The molecular formula is C23H33N7O. The number of nitrogens with two attached hydrogens (primary N) is 1. The summed E-state index contributed by atoms with van der Waals surface area (Å²) in [5, 5.41) is 6.01. The Balaban J connectivity index is 1.95. The molecule has 0 bridgehead atoms. The van der Waals surface area contributed by atoms with Gasteiger partial charge in [-0.05, 0) is 62.2 Å². The first-order valence-corrected chi connectivity index (χ1v) is 11.0. The molecule has 2 aromatic heterocycles. The van der Waals surface area contributed by atoms with Gasteiger partial charge in [-0.15, -0.1) is 0 Å². The Kier molecular flexibility index (Phi) is 7.83. The second-order valence-electron chi connectivity index (χ2n) is 7.51. The zero-order chi connectivity index (χ0) is 22.2. The van der Waals surface area contributed by atoms with Gasteiger partial charge in [0, 0.05) is 37.9 Å². The van der Waals surface area contributed by atoms with Crippen LogP contribution in [-0.2, 0) is 6.54 Å². The van der Waals surface area contributed by atoms with Gasteiger partial charge >= 0.3 is 0 Å². The zero-order valence-electron chi connectivity index (χ0n) is 18.7. The maximum Gasteiger partial charge on any atom is 0.251 e. The summed E-state index contributed by atoms with van der Waals surface area (Å²) in [5.41, 5.74) is 8.96. The van der Waals surface area contributed by atoms with Crippen LogP contribution in [0.5, 0.6) is 0 Å². The van der Waals surface area contributed by atoms with E-state index in [4.69, 9.17) is 15.7 Å². The van der Waals surface area contributed by atoms with Gasteiger partial charge in [0.05, 0.1) is 0 Å². The molecule has 0 unspecified atom stereocenters. The molecule has 0 aliphatic heterocycles. The second kappa shape index (κ2) is 10.8. The first kappa shape index (κ1) is 22.6. The van der Waals surface area contributed by atoms with Crippen LogP contribution in [0.1, 0.15) is 43.5 Å². The number of anilines is 3. The van der Waals surface area contributed by atoms with Gasteiger partial charge in [0.1, 0.15) is 11.3 Å². The van der Waals surface area contributed by atoms with E-state index in [1.807, 2.05) is 18.2 Å². The van der Waals surface area contributed by atoms with Crippen molar-refractivity contribution in [1.82, 2.24) is 19.9 Å². The number of hydrogen-bond donors (Lipinski definition) is 3. The Morgan fingerprint density at radius 1 is 1.06 bits per heavy atom. The highest BCUT2D eigenvalue weighted by atomic mass is 16.1. The summed E-state index contributed by atoms with van der Waals surface area (Å²) in [7, 11) is 1.62. The average molecular weight is 424 g/mol. The molecule has 0 saturated carbocycles. The Bertz CT molecular complexity index is 991. The Morgan fingerprint density at radius 2 is 1.77 bits per heavy atom. The standard InChI is InChI=1S/C23H33N7O/c1-4-14-29(15-5-2)20-12-11-19-21(28-20)30(16-6-13-24)23(27-19)26-18-9-7-17(8-10-18)22(31)25-3/h7-12H,4-6,13-16,24H2,1-3H3,(H,25,31)(H,26,27). The molecule has 8 heteroatoms. The van der Waals surface area contributed by atoms with Gasteiger partial charge in [0.2, 0.25) is 5.95 Å². The number of amides is 1. The van der Waals surface area contributed by atoms with Crippen molar-refractivity contribution < 1.29 is 4.79 Å². The predicted molar refractivity (Wildman–Crippen MR) is 127 cm³/mol. The fraction of sp³-hybridized carbons (Fsp3) is 0.435. The molecule has 0 spiro atoms. The number of pyridine rings is 1. The molecule has 31 heavy (non-hydrogen) atoms. The molecule has 1 aromatic carbocycles. The van der Waals surface area contributed by atoms with Gasteiger partial charge < -0.3 is 21.3 Å². The molecule has 0 aliphatic rings. The molecule has 0 aliphatic carbocycles. The van der Waals surface area contributed by atoms with Crippen LogP contribution >= 0.6 is 0 Å². The lowest BCUT2D eigenvalue weighted by atomic mass is 10.2. The van der Waals surface area contributed by atoms with Crippen LogP contribution in [-0.4, -0.2) is 47.1 Å². The zero-order valence-corrected chi connectivity index (χ0v) is 18.7. The first-order chi connectivity index (χ1) is 15.1. The van der Waals surface area contributed by atoms with Gasteiger partial charge in [-0.3, -0.25) is 9.36 Å². The number of nitrogens with zero attached hydrogens (tertiary/aromatic N) is 4. The lowest BCUT2D eigenvalue weighted by molar-refractivity contribution is 0.0963. The minimum absolute atomic E-state index is 0.109. The topological polar surface area (TPSA) is 101 Å². The van der Waals surface area contributed by atoms with Gasteiger partial charge in [-0.2, -0.15) is 0 Å². The summed E-state index contributed by atoms with van der Waals surface area (Å²) in [4.78, 5) is 23.9. The fourth-order valence-corrected chi connectivity index (χ4v) is 3.58. The monoisotopic (exact) mass is 423 g/mol. The lowest BCUT2D eigenvalue weighted by Crippen LogP contribution is -2.25. The number of benzene rings is 1. The van der Waals surface area contributed by atoms with Crippen LogP contribution in [0, 0.1) is 0 Å². The number of carbonyl (C=O) groups excluding carboxylic acids is 1. The van der Waals surface area contributed by atoms with E-state index >= 15 is 0 Å². The minimum atomic E-state index is -0.109. The molecule has 0 fully saturated rings. The number of carbonyl (C=O) groups is 1. The number of hydrogen-bond acceptors (Lipinski definition) is 6. The molecule has 0 atom stereocenters. The number of fused-ring (bicyclic) bond motifs is 1. The van der Waals surface area contributed by atoms with Crippen LogP contribution in [0.3, 0.4) is 0 Å². The number of rotatable bonds is 11. The lowest BCUT2D eigenvalue weighted by Gasteiger charge is -2.22. The van der Waals surface area contributed by atoms with Crippen molar-refractivity contribution in [1.29, 1.82) is 0 Å². The highest BCUT2D eigenvalue weighted by Crippen LogP contribution is 2.25. The summed E-state index contributed by atoms with van der Waals surface area (Å²) in [6.45, 7) is 7.65. The number of aromatic nitrogens is 3. The SMILES string of the molecule is CCCN(CCC)c1ccc2nc(Nc3ccc(C(=O)NC)cc3)n(CCCN)c2n1. The van der Waals surface area contributed by atoms with Crippen molar-refractivity contribution in [3.05, 3.63) is 42.0 Å². The largest absolute Gasteiger partial charge is 0.357 e. The van der Waals surface area contributed by atoms with Crippen LogP contribution in [0.4, 0.5) is 17.5 Å². The van der Waals surface area contributed by atoms with Crippen molar-refractivity contribution in [2.24, 2.45) is 5.73 Å². The van der Waals surface area contributed by atoms with E-state index in [0.29, 0.717) is 12.1 Å². The molecule has 8 nitrogen and oxygen atoms in total. The Labute approximate surface area is 183 Å². The normalized spacial score (nSPS) is 11.0. The highest BCUT2D eigenvalue weighted by Gasteiger charge is 2.15. The summed E-state index contributed by atoms with van der Waals surface area (Å²) in [6.07, 6.45) is 2.98. The summed E-state index contributed by atoms with van der Waals surface area (Å²) < 4.78 is 2.09. The third-order valence-corrected chi connectivity index (χ3v) is 5.10. The molecule has 0 radical (unpaired) electrons. The van der Waals surface area contributed by atoms with Gasteiger partial charge in [-0.25, -0.2) is 9.97 Å². The molecule has 2 heterocycles. The molecular weight excluding hydrogens is 390 g/mol. The molecule has 3 rings (SSSR count). The van der Waals surface area contributed by atoms with Crippen molar-refractivity contribution in [2.75, 3.05) is 36.9 Å². The van der Waals surface area contributed by atoms with E-state index in [-0.39, 0.29) is 5.91 Å². The summed E-state index contributed by atoms with van der Waals surface area (Å²) in [6, 6.07) is 11.4. The van der Waals surface area contributed by atoms with Crippen LogP contribution < -0.4 is 21.3 Å². The number of imidazole rings is 1. The molecule has 1 amide bonds. The Morgan fingerprint density at radius 3 is 2.39 bits per heavy atom. The predicted octanol–water partition coefficient (Wildman–Crippen LogP) is 3.51. The van der Waals surface area contributed by atoms with E-state index < -0.39 is 0 Å². The van der Waals surface area contributed by atoms with E-state index in [1.54, 1.807) is 19.2 Å². The minimum Gasteiger partial charge on any atom is -0.357 e. The average Bonchev–Trinajstić information content (AvgIpc) is 3.13. The van der Waals surface area contributed by atoms with Crippen LogP contribution in [0.2, 0.25) is 0 Å². The number of nitrogens with one attached hydrogen (secondary N) is 2. The van der Waals surface area contributed by atoms with Crippen molar-refractivity contribution in [3.8, 4) is 0 Å². The van der Waals surface area contributed by atoms with Crippen LogP contribution in [0.25, 0.3) is 11.2 Å². The second-order valence-corrected chi connectivity index (χ2v) is 7.51. The maximum absolute atomic E-state index is 11.8. The highest BCUT2D eigenvalue weighted by molar-refractivity contribution is 5.94. The fourth-order valence-electron chi connectivity index (χ4n) is 3.58. The van der Waals surface area contributed by atoms with Crippen molar-refractivity contribution in [3.63, 3.8) is 0 Å². The molecule has 3 aromatic rings. The van der Waals surface area contributed by atoms with Gasteiger partial charge in [0.25, 0.3) is 5.91 Å². The Hall–Kier alpha value is -3.13. The molecule has 166 valence electrons. The third kappa shape index (κ3) is 5.32. The smallest absolute Gasteiger partial charge is 0.251 e. The van der Waals surface area contributed by atoms with Gasteiger partial charge in [-0.1, -0.05) is 13.8 Å². The summed E-state index contributed by atoms with van der Waals surface area (Å²) >= 11 is 0. The first-order valence-electron chi connectivity index (χ1n) is 11.0. The third-order valence-electron chi connectivity index (χ3n) is 5.10. The van der Waals surface area contributed by atoms with E-state index in [1.165, 1.54) is 0 Å². The van der Waals surface area contributed by atoms with E-state index in [9.17, 15) is 4.79 Å². The quantitative estimate of drug-likeness (QED) is 0.436. The van der Waals surface area contributed by atoms with Crippen molar-refractivity contribution in [2.45, 2.75) is 39.7 Å².